The second-order valence-corrected chi connectivity index (χ2v) is 18.4. The number of aromatic nitrogens is 6. The van der Waals surface area contributed by atoms with E-state index in [4.69, 9.17) is 25.1 Å². The van der Waals surface area contributed by atoms with E-state index in [1.165, 1.54) is 5.56 Å². The summed E-state index contributed by atoms with van der Waals surface area (Å²) in [4.78, 5) is 5.74. The van der Waals surface area contributed by atoms with Crippen molar-refractivity contribution in [2.24, 2.45) is 0 Å². The minimum atomic E-state index is -1.01. The van der Waals surface area contributed by atoms with Gasteiger partial charge in [-0.15, -0.1) is 5.10 Å². The zero-order valence-corrected chi connectivity index (χ0v) is 40.2. The lowest BCUT2D eigenvalue weighted by Crippen LogP contribution is -2.39. The highest BCUT2D eigenvalue weighted by atomic mass is 16.5. The Morgan fingerprint density at radius 3 is 1.59 bits per heavy atom. The average molecular weight is 949 g/mol. The van der Waals surface area contributed by atoms with Crippen LogP contribution < -0.4 is 15.4 Å². The Morgan fingerprint density at radius 1 is 0.534 bits per heavy atom. The van der Waals surface area contributed by atoms with Gasteiger partial charge >= 0.3 is 0 Å². The van der Waals surface area contributed by atoms with E-state index in [2.05, 4.69) is 241 Å². The molecule has 0 aliphatic carbocycles. The summed E-state index contributed by atoms with van der Waals surface area (Å²) >= 11 is 0. The van der Waals surface area contributed by atoms with E-state index in [9.17, 15) is 0 Å². The predicted octanol–water partition coefficient (Wildman–Crippen LogP) is 12.7. The molecule has 0 radical (unpaired) electrons. The van der Waals surface area contributed by atoms with Crippen molar-refractivity contribution in [3.8, 4) is 11.5 Å². The minimum Gasteiger partial charge on any atom is -0.457 e. The number of rotatable bonds is 10. The van der Waals surface area contributed by atoms with Crippen molar-refractivity contribution >= 4 is 22.6 Å². The van der Waals surface area contributed by atoms with Crippen LogP contribution in [-0.4, -0.2) is 42.8 Å². The zero-order chi connectivity index (χ0) is 48.9. The SMILES string of the molecule is C1=C(c2cc(NC(c3ccccc3)(c3ccccc3)c3ccccc3)nc3c2nnn3C(c2ccccc2)(c2ccccc2)c2ccccc2)c2cnn(c2)Cc2cccc(c2)Oc2cccc(c2)CCNC1. The molecule has 0 saturated heterocycles. The van der Waals surface area contributed by atoms with Crippen LogP contribution in [-0.2, 0) is 24.0 Å². The molecule has 4 heterocycles. The molecule has 0 unspecified atom stereocenters. The lowest BCUT2D eigenvalue weighted by atomic mass is 9.77. The highest BCUT2D eigenvalue weighted by molar-refractivity contribution is 5.94. The number of pyridine rings is 1. The Bertz CT molecular complexity index is 3460. The summed E-state index contributed by atoms with van der Waals surface area (Å²) in [5, 5.41) is 23.4. The first kappa shape index (κ1) is 45.0. The van der Waals surface area contributed by atoms with Gasteiger partial charge < -0.3 is 15.4 Å². The molecule has 0 amide bonds. The van der Waals surface area contributed by atoms with Crippen molar-refractivity contribution < 1.29 is 4.74 Å². The van der Waals surface area contributed by atoms with Crippen LogP contribution >= 0.6 is 0 Å². The molecule has 11 aromatic rings. The number of ether oxygens (including phenoxy) is 1. The minimum absolute atomic E-state index is 0.541. The number of anilines is 1. The fourth-order valence-electron chi connectivity index (χ4n) is 10.6. The molecule has 354 valence electrons. The van der Waals surface area contributed by atoms with Crippen molar-refractivity contribution in [1.29, 1.82) is 0 Å². The number of hydrogen-bond donors (Lipinski definition) is 2. The quantitative estimate of drug-likeness (QED) is 0.132. The van der Waals surface area contributed by atoms with E-state index in [1.807, 2.05) is 33.8 Å². The van der Waals surface area contributed by atoms with Crippen LogP contribution in [0.4, 0.5) is 5.82 Å². The maximum Gasteiger partial charge on any atom is 0.182 e. The van der Waals surface area contributed by atoms with Gasteiger partial charge in [0, 0.05) is 23.9 Å². The highest BCUT2D eigenvalue weighted by Crippen LogP contribution is 2.45. The van der Waals surface area contributed by atoms with E-state index in [0.29, 0.717) is 30.1 Å². The molecule has 1 aliphatic heterocycles. The van der Waals surface area contributed by atoms with Crippen LogP contribution in [0.5, 0.6) is 11.5 Å². The Hall–Kier alpha value is -9.18. The molecule has 6 bridgehead atoms. The summed E-state index contributed by atoms with van der Waals surface area (Å²) in [7, 11) is 0. The van der Waals surface area contributed by atoms with Gasteiger partial charge in [-0.1, -0.05) is 218 Å². The van der Waals surface area contributed by atoms with Gasteiger partial charge in [-0.3, -0.25) is 4.68 Å². The van der Waals surface area contributed by atoms with E-state index in [0.717, 1.165) is 80.1 Å². The molecule has 9 nitrogen and oxygen atoms in total. The van der Waals surface area contributed by atoms with E-state index in [-0.39, 0.29) is 0 Å². The van der Waals surface area contributed by atoms with Gasteiger partial charge in [0.1, 0.15) is 33.9 Å². The van der Waals surface area contributed by atoms with Gasteiger partial charge in [0.15, 0.2) is 5.65 Å². The Morgan fingerprint density at radius 2 is 1.04 bits per heavy atom. The number of fused-ring (bicyclic) bond motifs is 7. The van der Waals surface area contributed by atoms with Crippen molar-refractivity contribution in [1.82, 2.24) is 35.1 Å². The fraction of sp³-hybridized carbons (Fsp3) is 0.0938. The zero-order valence-electron chi connectivity index (χ0n) is 40.2. The van der Waals surface area contributed by atoms with Crippen LogP contribution in [0.3, 0.4) is 0 Å². The monoisotopic (exact) mass is 948 g/mol. The molecule has 3 aromatic heterocycles. The third-order valence-corrected chi connectivity index (χ3v) is 13.9. The van der Waals surface area contributed by atoms with Crippen molar-refractivity contribution in [2.45, 2.75) is 24.0 Å². The molecular weight excluding hydrogens is 897 g/mol. The Kier molecular flexibility index (Phi) is 12.3. The summed E-state index contributed by atoms with van der Waals surface area (Å²) in [5.41, 5.74) is 10.5. The summed E-state index contributed by atoms with van der Waals surface area (Å²) in [5.74, 6) is 2.22. The molecule has 0 saturated carbocycles. The third-order valence-electron chi connectivity index (χ3n) is 13.9. The fourth-order valence-corrected chi connectivity index (χ4v) is 10.6. The molecule has 1 aliphatic rings. The van der Waals surface area contributed by atoms with Crippen molar-refractivity contribution in [3.63, 3.8) is 0 Å². The van der Waals surface area contributed by atoms with E-state index < -0.39 is 11.1 Å². The Balaban J connectivity index is 1.13. The molecule has 73 heavy (non-hydrogen) atoms. The van der Waals surface area contributed by atoms with Gasteiger partial charge in [0.25, 0.3) is 0 Å². The highest BCUT2D eigenvalue weighted by Gasteiger charge is 2.43. The first-order valence-electron chi connectivity index (χ1n) is 24.8. The Labute approximate surface area is 425 Å². The van der Waals surface area contributed by atoms with Crippen LogP contribution in [0, 0.1) is 0 Å². The van der Waals surface area contributed by atoms with Crippen molar-refractivity contribution in [2.75, 3.05) is 18.4 Å². The standard InChI is InChI=1S/C64H52N8O/c1-7-23-50(24-8-1)63(51-25-9-2-10-26-51,52-27-11-3-12-28-52)68-60-43-59(58-38-40-65-39-37-47-21-19-35-56(41-47)73-57-36-20-22-48(42-57)45-71-46-49(58)44-66-71)61-62(67-60)72(70-69-61)64(53-29-13-4-14-30-53,54-31-15-5-16-32-54)55-33-17-6-18-34-55/h1-36,38,41-44,46,65H,37,39-40,45H2,(H,67,68). The summed E-state index contributed by atoms with van der Waals surface area (Å²) in [6.45, 7) is 1.86. The molecule has 0 spiro atoms. The van der Waals surface area contributed by atoms with Crippen LogP contribution in [0.2, 0.25) is 0 Å². The number of benzene rings is 8. The molecule has 0 atom stereocenters. The van der Waals surface area contributed by atoms with Crippen LogP contribution in [0.25, 0.3) is 16.7 Å². The number of nitrogens with one attached hydrogen (secondary N) is 2. The molecule has 0 fully saturated rings. The lowest BCUT2D eigenvalue weighted by molar-refractivity contribution is 0.457. The van der Waals surface area contributed by atoms with Gasteiger partial charge in [-0.05, 0) is 93.4 Å². The molecule has 9 heteroatoms. The van der Waals surface area contributed by atoms with E-state index >= 15 is 0 Å². The molecule has 8 aromatic carbocycles. The number of hydrogen-bond acceptors (Lipinski definition) is 7. The summed E-state index contributed by atoms with van der Waals surface area (Å²) in [6, 6.07) is 82.4. The summed E-state index contributed by atoms with van der Waals surface area (Å²) in [6.07, 6.45) is 7.15. The normalized spacial score (nSPS) is 13.1. The molecule has 2 N–H and O–H groups in total. The smallest absolute Gasteiger partial charge is 0.182 e. The second-order valence-electron chi connectivity index (χ2n) is 18.4. The topological polar surface area (TPSA) is 94.7 Å². The van der Waals surface area contributed by atoms with Crippen molar-refractivity contribution in [3.05, 3.63) is 311 Å². The van der Waals surface area contributed by atoms with E-state index in [1.54, 1.807) is 0 Å². The lowest BCUT2D eigenvalue weighted by Gasteiger charge is -2.38. The van der Waals surface area contributed by atoms with Crippen LogP contribution in [0.15, 0.2) is 255 Å². The second kappa shape index (κ2) is 19.9. The number of nitrogens with zero attached hydrogens (tertiary/aromatic N) is 6. The maximum atomic E-state index is 6.39. The van der Waals surface area contributed by atoms with Gasteiger partial charge in [-0.25, -0.2) is 9.67 Å². The predicted molar refractivity (Wildman–Crippen MR) is 291 cm³/mol. The average Bonchev–Trinajstić information content (AvgIpc) is 4.11. The first-order chi connectivity index (χ1) is 36.1. The van der Waals surface area contributed by atoms with Gasteiger partial charge in [0.05, 0.1) is 12.7 Å². The van der Waals surface area contributed by atoms with Crippen LogP contribution in [0.1, 0.15) is 55.6 Å². The van der Waals surface area contributed by atoms with Gasteiger partial charge in [0.2, 0.25) is 0 Å². The molecule has 12 rings (SSSR count). The maximum absolute atomic E-state index is 6.39. The molecular formula is C64H52N8O. The third kappa shape index (κ3) is 8.66. The largest absolute Gasteiger partial charge is 0.457 e. The summed E-state index contributed by atoms with van der Waals surface area (Å²) < 4.78 is 10.4. The first-order valence-corrected chi connectivity index (χ1v) is 24.8. The van der Waals surface area contributed by atoms with Gasteiger partial charge in [-0.2, -0.15) is 5.10 Å².